The lowest BCUT2D eigenvalue weighted by Crippen LogP contribution is -2.30. The molecule has 0 saturated carbocycles. The van der Waals surface area contributed by atoms with Gasteiger partial charge in [-0.2, -0.15) is 18.3 Å². The van der Waals surface area contributed by atoms with Crippen LogP contribution in [0.15, 0.2) is 54.9 Å². The van der Waals surface area contributed by atoms with Gasteiger partial charge in [0.15, 0.2) is 5.69 Å². The summed E-state index contributed by atoms with van der Waals surface area (Å²) in [5, 5.41) is 18.6. The number of fused-ring (bicyclic) bond motifs is 1. The molecule has 4 aromatic rings. The molecule has 5 rings (SSSR count). The molecule has 43 heavy (non-hydrogen) atoms. The minimum atomic E-state index is -4.58. The number of carboxylic acid groups (broad SMARTS) is 1. The molecule has 2 aromatic carbocycles. The van der Waals surface area contributed by atoms with Gasteiger partial charge in [0.05, 0.1) is 28.7 Å². The van der Waals surface area contributed by atoms with E-state index in [2.05, 4.69) is 20.7 Å². The highest BCUT2D eigenvalue weighted by molar-refractivity contribution is 6.13. The van der Waals surface area contributed by atoms with Gasteiger partial charge in [-0.3, -0.25) is 24.0 Å². The summed E-state index contributed by atoms with van der Waals surface area (Å²) >= 11 is 0. The Labute approximate surface area is 242 Å². The van der Waals surface area contributed by atoms with Crippen molar-refractivity contribution in [3.63, 3.8) is 0 Å². The number of aromatic nitrogens is 3. The van der Waals surface area contributed by atoms with E-state index < -0.39 is 42.7 Å². The van der Waals surface area contributed by atoms with Crippen molar-refractivity contribution in [1.29, 1.82) is 0 Å². The van der Waals surface area contributed by atoms with Crippen LogP contribution in [0.3, 0.4) is 0 Å². The molecule has 0 radical (unpaired) electrons. The van der Waals surface area contributed by atoms with Crippen LogP contribution in [0.4, 0.5) is 34.6 Å². The summed E-state index contributed by atoms with van der Waals surface area (Å²) in [5.74, 6) is -3.32. The van der Waals surface area contributed by atoms with Crippen LogP contribution >= 0.6 is 0 Å². The van der Waals surface area contributed by atoms with Crippen LogP contribution in [0.5, 0.6) is 0 Å². The molecule has 0 unspecified atom stereocenters. The quantitative estimate of drug-likeness (QED) is 0.236. The molecule has 224 valence electrons. The zero-order valence-corrected chi connectivity index (χ0v) is 22.6. The summed E-state index contributed by atoms with van der Waals surface area (Å²) in [5.41, 5.74) is 0.912. The SMILES string of the molecule is O=C(O)Cc1cc(F)ccc1NC(=O)c1ccc(N2CCCCC2)c(NC(=O)c2nn(CC(F)(F)F)c3ccncc23)c1. The lowest BCUT2D eigenvalue weighted by atomic mass is 10.1. The molecular weight excluding hydrogens is 572 g/mol. The Morgan fingerprint density at radius 1 is 0.930 bits per heavy atom. The van der Waals surface area contributed by atoms with E-state index in [1.807, 2.05) is 4.90 Å². The van der Waals surface area contributed by atoms with Crippen LogP contribution in [-0.4, -0.2) is 56.9 Å². The lowest BCUT2D eigenvalue weighted by Gasteiger charge is -2.30. The van der Waals surface area contributed by atoms with Gasteiger partial charge in [0, 0.05) is 36.7 Å². The zero-order valence-electron chi connectivity index (χ0n) is 22.6. The number of amides is 2. The fraction of sp³-hybridized carbons (Fsp3) is 0.276. The van der Waals surface area contributed by atoms with E-state index >= 15 is 0 Å². The predicted octanol–water partition coefficient (Wildman–Crippen LogP) is 5.25. The highest BCUT2D eigenvalue weighted by atomic mass is 19.4. The number of carbonyl (C=O) groups is 3. The highest BCUT2D eigenvalue weighted by Crippen LogP contribution is 2.32. The molecule has 0 spiro atoms. The summed E-state index contributed by atoms with van der Waals surface area (Å²) in [6, 6.07) is 9.31. The Kier molecular flexibility index (Phi) is 8.28. The maximum Gasteiger partial charge on any atom is 0.408 e. The second kappa shape index (κ2) is 12.1. The molecule has 2 aromatic heterocycles. The van der Waals surface area contributed by atoms with Gasteiger partial charge >= 0.3 is 12.1 Å². The standard InChI is InChI=1S/C29H26F4N6O4/c30-19-5-6-21(18(12-19)14-25(40)41)35-27(42)17-4-7-24(38-10-2-1-3-11-38)22(13-17)36-28(43)26-20-15-34-9-8-23(20)39(37-26)16-29(31,32)33/h4-9,12-13,15H,1-3,10-11,14,16H2,(H,35,42)(H,36,43)(H,40,41). The van der Waals surface area contributed by atoms with Crippen molar-refractivity contribution < 1.29 is 37.1 Å². The minimum Gasteiger partial charge on any atom is -0.481 e. The van der Waals surface area contributed by atoms with Crippen LogP contribution in [0.2, 0.25) is 0 Å². The number of nitrogens with one attached hydrogen (secondary N) is 2. The Bertz CT molecular complexity index is 1700. The van der Waals surface area contributed by atoms with Gasteiger partial charge < -0.3 is 20.6 Å². The molecule has 1 saturated heterocycles. The number of benzene rings is 2. The number of pyridine rings is 1. The normalized spacial score (nSPS) is 13.6. The largest absolute Gasteiger partial charge is 0.481 e. The maximum atomic E-state index is 13.8. The topological polar surface area (TPSA) is 129 Å². The van der Waals surface area contributed by atoms with E-state index in [1.54, 1.807) is 6.07 Å². The highest BCUT2D eigenvalue weighted by Gasteiger charge is 2.31. The number of piperidine rings is 1. The van der Waals surface area contributed by atoms with Crippen LogP contribution in [-0.2, 0) is 17.8 Å². The summed E-state index contributed by atoms with van der Waals surface area (Å²) in [6.07, 6.45) is 0.315. The van der Waals surface area contributed by atoms with E-state index in [9.17, 15) is 37.1 Å². The number of nitrogens with zero attached hydrogens (tertiary/aromatic N) is 4. The summed E-state index contributed by atoms with van der Waals surface area (Å²) in [4.78, 5) is 43.9. The first-order valence-electron chi connectivity index (χ1n) is 13.4. The van der Waals surface area contributed by atoms with Crippen molar-refractivity contribution in [2.24, 2.45) is 0 Å². The van der Waals surface area contributed by atoms with Crippen molar-refractivity contribution in [1.82, 2.24) is 14.8 Å². The Hall–Kier alpha value is -5.01. The third-order valence-electron chi connectivity index (χ3n) is 6.96. The molecule has 0 atom stereocenters. The van der Waals surface area contributed by atoms with E-state index in [1.165, 1.54) is 36.7 Å². The van der Waals surface area contributed by atoms with E-state index in [-0.39, 0.29) is 39.1 Å². The Morgan fingerprint density at radius 2 is 1.67 bits per heavy atom. The van der Waals surface area contributed by atoms with Crippen LogP contribution < -0.4 is 15.5 Å². The first kappa shape index (κ1) is 29.5. The van der Waals surface area contributed by atoms with E-state index in [0.717, 1.165) is 31.4 Å². The molecule has 10 nitrogen and oxygen atoms in total. The Morgan fingerprint density at radius 3 is 2.40 bits per heavy atom. The second-order valence-corrected chi connectivity index (χ2v) is 10.1. The number of anilines is 3. The zero-order chi connectivity index (χ0) is 30.7. The van der Waals surface area contributed by atoms with Crippen LogP contribution in [0.25, 0.3) is 10.9 Å². The van der Waals surface area contributed by atoms with E-state index in [0.29, 0.717) is 23.5 Å². The molecule has 1 aliphatic heterocycles. The first-order valence-corrected chi connectivity index (χ1v) is 13.4. The van der Waals surface area contributed by atoms with Crippen LogP contribution in [0.1, 0.15) is 45.7 Å². The number of halogens is 4. The van der Waals surface area contributed by atoms with Gasteiger partial charge in [0.2, 0.25) is 0 Å². The monoisotopic (exact) mass is 598 g/mol. The van der Waals surface area contributed by atoms with Gasteiger partial charge in [-0.1, -0.05) is 0 Å². The molecule has 14 heteroatoms. The molecule has 0 aliphatic carbocycles. The average Bonchev–Trinajstić information content (AvgIpc) is 3.31. The number of alkyl halides is 3. The van der Waals surface area contributed by atoms with Crippen molar-refractivity contribution in [2.75, 3.05) is 28.6 Å². The predicted molar refractivity (Wildman–Crippen MR) is 150 cm³/mol. The van der Waals surface area contributed by atoms with Gasteiger partial charge in [0.1, 0.15) is 12.4 Å². The smallest absolute Gasteiger partial charge is 0.408 e. The number of carboxylic acids is 1. The van der Waals surface area contributed by atoms with Crippen molar-refractivity contribution >= 4 is 45.7 Å². The van der Waals surface area contributed by atoms with Gasteiger partial charge in [-0.05, 0) is 67.3 Å². The Balaban J connectivity index is 1.48. The van der Waals surface area contributed by atoms with Gasteiger partial charge in [-0.25, -0.2) is 4.39 Å². The number of hydrogen-bond donors (Lipinski definition) is 3. The third-order valence-corrected chi connectivity index (χ3v) is 6.96. The van der Waals surface area contributed by atoms with Gasteiger partial charge in [0.25, 0.3) is 11.8 Å². The number of rotatable bonds is 8. The fourth-order valence-corrected chi connectivity index (χ4v) is 5.04. The molecule has 1 fully saturated rings. The number of hydrogen-bond acceptors (Lipinski definition) is 6. The maximum absolute atomic E-state index is 13.8. The van der Waals surface area contributed by atoms with Crippen molar-refractivity contribution in [3.8, 4) is 0 Å². The lowest BCUT2D eigenvalue weighted by molar-refractivity contribution is -0.142. The second-order valence-electron chi connectivity index (χ2n) is 10.1. The fourth-order valence-electron chi connectivity index (χ4n) is 5.04. The van der Waals surface area contributed by atoms with Crippen molar-refractivity contribution in [2.45, 2.75) is 38.4 Å². The van der Waals surface area contributed by atoms with Crippen molar-refractivity contribution in [3.05, 3.63) is 77.5 Å². The molecule has 1 aliphatic rings. The molecule has 3 N–H and O–H groups in total. The first-order chi connectivity index (χ1) is 20.5. The molecule has 3 heterocycles. The summed E-state index contributed by atoms with van der Waals surface area (Å²) in [7, 11) is 0. The molecular formula is C29H26F4N6O4. The van der Waals surface area contributed by atoms with Crippen LogP contribution in [0, 0.1) is 5.82 Å². The summed E-state index contributed by atoms with van der Waals surface area (Å²) in [6.45, 7) is -0.0199. The van der Waals surface area contributed by atoms with E-state index in [4.69, 9.17) is 0 Å². The number of carbonyl (C=O) groups excluding carboxylic acids is 2. The molecule has 2 amide bonds. The number of aliphatic carboxylic acids is 1. The average molecular weight is 599 g/mol. The third kappa shape index (κ3) is 6.90. The molecule has 0 bridgehead atoms. The minimum absolute atomic E-state index is 0.0641. The summed E-state index contributed by atoms with van der Waals surface area (Å²) < 4.78 is 54.1. The van der Waals surface area contributed by atoms with Gasteiger partial charge in [-0.15, -0.1) is 0 Å².